The summed E-state index contributed by atoms with van der Waals surface area (Å²) < 4.78 is 0. The summed E-state index contributed by atoms with van der Waals surface area (Å²) in [6.07, 6.45) is 0.245. The van der Waals surface area contributed by atoms with Crippen LogP contribution in [0, 0.1) is 23.0 Å². The molecule has 0 unspecified atom stereocenters. The quantitative estimate of drug-likeness (QED) is 0.367. The van der Waals surface area contributed by atoms with E-state index < -0.39 is 17.9 Å². The first-order valence-corrected chi connectivity index (χ1v) is 7.96. The lowest BCUT2D eigenvalue weighted by Crippen LogP contribution is -2.28. The molecule has 2 aromatic carbocycles. The maximum atomic E-state index is 13.0. The van der Waals surface area contributed by atoms with Crippen molar-refractivity contribution in [1.82, 2.24) is 0 Å². The van der Waals surface area contributed by atoms with Crippen LogP contribution in [0.3, 0.4) is 0 Å². The van der Waals surface area contributed by atoms with Crippen LogP contribution in [0.4, 0.5) is 0 Å². The Morgan fingerprint density at radius 3 is 2.33 bits per heavy atom. The molecule has 0 aliphatic heterocycles. The van der Waals surface area contributed by atoms with Crippen LogP contribution in [-0.2, 0) is 0 Å². The smallest absolute Gasteiger partial charge is 0.224 e. The second-order valence-electron chi connectivity index (χ2n) is 6.36. The zero-order valence-electron chi connectivity index (χ0n) is 13.5. The van der Waals surface area contributed by atoms with Gasteiger partial charge in [0.25, 0.3) is 0 Å². The molecule has 0 heterocycles. The fourth-order valence-corrected chi connectivity index (χ4v) is 3.54. The number of nitrogens with zero attached hydrogens (tertiary/aromatic N) is 1. The molecule has 4 heteroatoms. The normalized spacial score (nSPS) is 23.2. The van der Waals surface area contributed by atoms with E-state index in [1.165, 1.54) is 0 Å². The first-order chi connectivity index (χ1) is 11.5. The lowest BCUT2D eigenvalue weighted by molar-refractivity contribution is -0.523. The second kappa shape index (κ2) is 6.40. The molecule has 24 heavy (non-hydrogen) atoms. The summed E-state index contributed by atoms with van der Waals surface area (Å²) in [4.78, 5) is 24.3. The first-order valence-electron chi connectivity index (χ1n) is 7.96. The van der Waals surface area contributed by atoms with Crippen LogP contribution in [-0.4, -0.2) is 16.7 Å². The summed E-state index contributed by atoms with van der Waals surface area (Å²) in [6, 6.07) is 15.8. The number of Topliss-reactive ketones (excluding diaryl/α,β-unsaturated/α-hetero) is 1. The molecule has 3 rings (SSSR count). The van der Waals surface area contributed by atoms with E-state index in [1.54, 1.807) is 24.3 Å². The monoisotopic (exact) mass is 321 g/mol. The number of carbonyl (C=O) groups excluding carboxylic acids is 1. The molecule has 2 aromatic rings. The van der Waals surface area contributed by atoms with Crippen LogP contribution >= 0.6 is 0 Å². The lowest BCUT2D eigenvalue weighted by atomic mass is 9.81. The van der Waals surface area contributed by atoms with Gasteiger partial charge in [0.15, 0.2) is 5.78 Å². The summed E-state index contributed by atoms with van der Waals surface area (Å²) in [7, 11) is 0. The summed E-state index contributed by atoms with van der Waals surface area (Å²) in [5.41, 5.74) is 3.13. The molecule has 1 aliphatic rings. The molecular formula is C20H19NO3. The number of nitro groups is 1. The van der Waals surface area contributed by atoms with E-state index in [-0.39, 0.29) is 17.1 Å². The van der Waals surface area contributed by atoms with Gasteiger partial charge in [0.05, 0.1) is 11.8 Å². The van der Waals surface area contributed by atoms with Crippen LogP contribution in [0.2, 0.25) is 0 Å². The van der Waals surface area contributed by atoms with Crippen molar-refractivity contribution in [2.24, 2.45) is 5.92 Å². The van der Waals surface area contributed by atoms with Gasteiger partial charge in [-0.3, -0.25) is 14.9 Å². The number of aryl methyl sites for hydroxylation is 1. The highest BCUT2D eigenvalue weighted by atomic mass is 16.6. The van der Waals surface area contributed by atoms with Crippen LogP contribution in [0.25, 0.3) is 0 Å². The molecule has 1 aliphatic carbocycles. The van der Waals surface area contributed by atoms with E-state index in [0.29, 0.717) is 11.1 Å². The number of hydrogen-bond acceptors (Lipinski definition) is 3. The van der Waals surface area contributed by atoms with E-state index >= 15 is 0 Å². The van der Waals surface area contributed by atoms with Crippen molar-refractivity contribution in [3.63, 3.8) is 0 Å². The summed E-state index contributed by atoms with van der Waals surface area (Å²) in [5.74, 6) is -1.11. The van der Waals surface area contributed by atoms with Gasteiger partial charge < -0.3 is 0 Å². The van der Waals surface area contributed by atoms with Gasteiger partial charge in [0.1, 0.15) is 0 Å². The van der Waals surface area contributed by atoms with Crippen LogP contribution < -0.4 is 0 Å². The molecule has 0 radical (unpaired) electrons. The van der Waals surface area contributed by atoms with Gasteiger partial charge in [0.2, 0.25) is 6.04 Å². The molecule has 0 N–H and O–H groups in total. The Balaban J connectivity index is 2.04. The molecule has 0 amide bonds. The Morgan fingerprint density at radius 1 is 1.12 bits per heavy atom. The Hall–Kier alpha value is -2.75. The predicted octanol–water partition coefficient (Wildman–Crippen LogP) is 4.18. The zero-order chi connectivity index (χ0) is 17.3. The minimum absolute atomic E-state index is 0.0875. The molecule has 4 nitrogen and oxygen atoms in total. The maximum Gasteiger partial charge on any atom is 0.224 e. The Kier molecular flexibility index (Phi) is 4.30. The minimum atomic E-state index is -0.808. The molecule has 0 bridgehead atoms. The topological polar surface area (TPSA) is 60.2 Å². The highest BCUT2D eigenvalue weighted by Gasteiger charge is 2.49. The second-order valence-corrected chi connectivity index (χ2v) is 6.36. The van der Waals surface area contributed by atoms with Gasteiger partial charge in [0, 0.05) is 16.9 Å². The third-order valence-electron chi connectivity index (χ3n) is 4.76. The van der Waals surface area contributed by atoms with Gasteiger partial charge >= 0.3 is 0 Å². The van der Waals surface area contributed by atoms with Crippen molar-refractivity contribution in [1.29, 1.82) is 0 Å². The maximum absolute atomic E-state index is 13.0. The van der Waals surface area contributed by atoms with Crippen molar-refractivity contribution in [3.05, 3.63) is 93.6 Å². The van der Waals surface area contributed by atoms with Gasteiger partial charge in [-0.1, -0.05) is 72.3 Å². The van der Waals surface area contributed by atoms with E-state index in [2.05, 4.69) is 6.58 Å². The molecule has 3 atom stereocenters. The molecule has 0 aromatic heterocycles. The fourth-order valence-electron chi connectivity index (χ4n) is 3.54. The Bertz CT molecular complexity index is 780. The summed E-state index contributed by atoms with van der Waals surface area (Å²) in [5, 5.41) is 11.6. The molecular weight excluding hydrogens is 302 g/mol. The standard InChI is InChI=1S/C20H19NO3/c1-13-8-10-15(11-9-13)19-17(21(23)24)12-14(2)18(19)20(22)16-6-4-3-5-7-16/h3-11,17-19H,2,12H2,1H3/t17-,18+,19+/m0/s1. The first kappa shape index (κ1) is 16.1. The van der Waals surface area contributed by atoms with Crippen molar-refractivity contribution in [2.45, 2.75) is 25.3 Å². The van der Waals surface area contributed by atoms with Gasteiger partial charge in [-0.2, -0.15) is 0 Å². The van der Waals surface area contributed by atoms with Crippen molar-refractivity contribution in [3.8, 4) is 0 Å². The summed E-state index contributed by atoms with van der Waals surface area (Å²) in [6.45, 7) is 5.95. The van der Waals surface area contributed by atoms with Crippen LogP contribution in [0.5, 0.6) is 0 Å². The highest BCUT2D eigenvalue weighted by Crippen LogP contribution is 2.45. The number of hydrogen-bond donors (Lipinski definition) is 0. The average Bonchev–Trinajstić information content (AvgIpc) is 2.93. The minimum Gasteiger partial charge on any atom is -0.293 e. The molecule has 1 fully saturated rings. The van der Waals surface area contributed by atoms with Gasteiger partial charge in [-0.05, 0) is 12.5 Å². The highest BCUT2D eigenvalue weighted by molar-refractivity contribution is 6.00. The Morgan fingerprint density at radius 2 is 1.75 bits per heavy atom. The molecule has 122 valence electrons. The van der Waals surface area contributed by atoms with Gasteiger partial charge in [-0.25, -0.2) is 0 Å². The van der Waals surface area contributed by atoms with E-state index in [0.717, 1.165) is 11.1 Å². The van der Waals surface area contributed by atoms with Crippen LogP contribution in [0.15, 0.2) is 66.7 Å². The fraction of sp³-hybridized carbons (Fsp3) is 0.250. The van der Waals surface area contributed by atoms with E-state index in [1.807, 2.05) is 37.3 Å². The number of carbonyl (C=O) groups is 1. The third-order valence-corrected chi connectivity index (χ3v) is 4.76. The molecule has 0 spiro atoms. The number of rotatable bonds is 4. The van der Waals surface area contributed by atoms with Gasteiger partial charge in [-0.15, -0.1) is 0 Å². The predicted molar refractivity (Wildman–Crippen MR) is 92.7 cm³/mol. The summed E-state index contributed by atoms with van der Waals surface area (Å²) >= 11 is 0. The average molecular weight is 321 g/mol. The number of ketones is 1. The van der Waals surface area contributed by atoms with E-state index in [4.69, 9.17) is 0 Å². The van der Waals surface area contributed by atoms with Crippen molar-refractivity contribution in [2.75, 3.05) is 0 Å². The van der Waals surface area contributed by atoms with Crippen molar-refractivity contribution < 1.29 is 9.72 Å². The molecule has 0 saturated heterocycles. The third kappa shape index (κ3) is 2.87. The Labute approximate surface area is 141 Å². The largest absolute Gasteiger partial charge is 0.293 e. The van der Waals surface area contributed by atoms with Crippen molar-refractivity contribution >= 4 is 5.78 Å². The number of benzene rings is 2. The van der Waals surface area contributed by atoms with E-state index in [9.17, 15) is 14.9 Å². The van der Waals surface area contributed by atoms with Crippen LogP contribution in [0.1, 0.15) is 33.8 Å². The molecule has 1 saturated carbocycles. The zero-order valence-corrected chi connectivity index (χ0v) is 13.5. The SMILES string of the molecule is C=C1C[C@H]([N+](=O)[O-])[C@@H](c2ccc(C)cc2)[C@@H]1C(=O)c1ccccc1. The lowest BCUT2D eigenvalue weighted by Gasteiger charge is -2.21.